The minimum absolute atomic E-state index is 0.151. The first-order valence-corrected chi connectivity index (χ1v) is 14.1. The number of alkyl halides is 3. The number of para-hydroxylation sites is 1. The van der Waals surface area contributed by atoms with Crippen molar-refractivity contribution < 1.29 is 17.6 Å². The molecule has 0 amide bonds. The summed E-state index contributed by atoms with van der Waals surface area (Å²) in [6, 6.07) is 12.8. The maximum absolute atomic E-state index is 15.7. The minimum atomic E-state index is -4.40. The zero-order valence-electron chi connectivity index (χ0n) is 23.8. The molecule has 0 saturated carbocycles. The number of nitrogen functional groups attached to an aromatic ring is 1. The fourth-order valence-corrected chi connectivity index (χ4v) is 5.97. The van der Waals surface area contributed by atoms with Crippen LogP contribution in [-0.2, 0) is 37.6 Å². The van der Waals surface area contributed by atoms with Crippen molar-refractivity contribution in [3.05, 3.63) is 98.4 Å². The topological polar surface area (TPSA) is 47.1 Å². The van der Waals surface area contributed by atoms with Crippen LogP contribution in [0.3, 0.4) is 0 Å². The number of anilines is 1. The minimum Gasteiger partial charge on any atom is -0.397 e. The molecule has 2 N–H and O–H groups in total. The van der Waals surface area contributed by atoms with Crippen LogP contribution in [0.4, 0.5) is 23.2 Å². The number of aromatic nitrogens is 2. The Morgan fingerprint density at radius 2 is 1.66 bits per heavy atom. The molecule has 0 unspecified atom stereocenters. The van der Waals surface area contributed by atoms with Gasteiger partial charge in [-0.1, -0.05) is 49.7 Å². The van der Waals surface area contributed by atoms with Crippen LogP contribution in [-0.4, -0.2) is 14.7 Å². The van der Waals surface area contributed by atoms with E-state index in [4.69, 9.17) is 22.4 Å². The van der Waals surface area contributed by atoms with E-state index in [2.05, 4.69) is 30.9 Å². The molecular weight excluding hydrogens is 552 g/mol. The average molecular weight is 585 g/mol. The van der Waals surface area contributed by atoms with Crippen LogP contribution in [0.2, 0.25) is 5.02 Å². The standard InChI is InChI=1S/C32H33ClF4N4/c1-6-19-9-8-10-20(7-2)28(19)41-29(23-14-25(33)27(38)15-26(23)34)24-17-40(31(4,5)30(24)39-41)16-21-11-12-22(13-18(21)3)32(35,36)37/h8-15H,6-7,16-17,38H2,1-5H3. The summed E-state index contributed by atoms with van der Waals surface area (Å²) < 4.78 is 57.3. The van der Waals surface area contributed by atoms with Gasteiger partial charge < -0.3 is 5.73 Å². The second-order valence-electron chi connectivity index (χ2n) is 11.1. The summed E-state index contributed by atoms with van der Waals surface area (Å²) in [6.07, 6.45) is -2.87. The zero-order valence-corrected chi connectivity index (χ0v) is 24.5. The summed E-state index contributed by atoms with van der Waals surface area (Å²) in [5.74, 6) is -0.502. The van der Waals surface area contributed by atoms with E-state index in [-0.39, 0.29) is 10.7 Å². The van der Waals surface area contributed by atoms with Crippen LogP contribution in [0.25, 0.3) is 16.9 Å². The van der Waals surface area contributed by atoms with Crippen molar-refractivity contribution in [3.63, 3.8) is 0 Å². The van der Waals surface area contributed by atoms with Crippen LogP contribution in [0, 0.1) is 12.7 Å². The Balaban J connectivity index is 1.68. The summed E-state index contributed by atoms with van der Waals surface area (Å²) in [7, 11) is 0. The van der Waals surface area contributed by atoms with E-state index >= 15 is 4.39 Å². The third-order valence-electron chi connectivity index (χ3n) is 8.25. The van der Waals surface area contributed by atoms with Crippen molar-refractivity contribution in [2.45, 2.75) is 72.3 Å². The van der Waals surface area contributed by atoms with Gasteiger partial charge in [0.1, 0.15) is 5.82 Å². The Morgan fingerprint density at radius 3 is 2.24 bits per heavy atom. The van der Waals surface area contributed by atoms with Gasteiger partial charge in [-0.3, -0.25) is 4.90 Å². The van der Waals surface area contributed by atoms with Gasteiger partial charge in [-0.05, 0) is 80.1 Å². The highest BCUT2D eigenvalue weighted by Gasteiger charge is 2.43. The largest absolute Gasteiger partial charge is 0.416 e. The molecule has 9 heteroatoms. The number of nitrogens with zero attached hydrogens (tertiary/aromatic N) is 3. The molecule has 1 aliphatic heterocycles. The van der Waals surface area contributed by atoms with Crippen LogP contribution < -0.4 is 5.73 Å². The molecule has 1 aliphatic rings. The molecule has 0 atom stereocenters. The predicted octanol–water partition coefficient (Wildman–Crippen LogP) is 8.62. The molecule has 5 rings (SSSR count). The van der Waals surface area contributed by atoms with Gasteiger partial charge in [-0.25, -0.2) is 9.07 Å². The van der Waals surface area contributed by atoms with Crippen molar-refractivity contribution in [2.75, 3.05) is 5.73 Å². The second-order valence-corrected chi connectivity index (χ2v) is 11.5. The Hall–Kier alpha value is -3.36. The summed E-state index contributed by atoms with van der Waals surface area (Å²) >= 11 is 6.41. The van der Waals surface area contributed by atoms with Gasteiger partial charge in [0, 0.05) is 24.2 Å². The van der Waals surface area contributed by atoms with Crippen molar-refractivity contribution in [1.82, 2.24) is 14.7 Å². The van der Waals surface area contributed by atoms with Crippen LogP contribution in [0.5, 0.6) is 0 Å². The fraction of sp³-hybridized carbons (Fsp3) is 0.344. The van der Waals surface area contributed by atoms with E-state index in [1.807, 2.05) is 24.6 Å². The van der Waals surface area contributed by atoms with Crippen molar-refractivity contribution in [1.29, 1.82) is 0 Å². The highest BCUT2D eigenvalue weighted by Crippen LogP contribution is 2.46. The van der Waals surface area contributed by atoms with Gasteiger partial charge in [0.2, 0.25) is 0 Å². The molecule has 3 aromatic carbocycles. The zero-order chi connectivity index (χ0) is 29.9. The number of halogens is 5. The number of fused-ring (bicyclic) bond motifs is 1. The van der Waals surface area contributed by atoms with Gasteiger partial charge >= 0.3 is 6.18 Å². The van der Waals surface area contributed by atoms with Gasteiger partial charge in [0.15, 0.2) is 0 Å². The fourth-order valence-electron chi connectivity index (χ4n) is 5.81. The van der Waals surface area contributed by atoms with Gasteiger partial charge in [0.25, 0.3) is 0 Å². The first-order valence-electron chi connectivity index (χ1n) is 13.7. The number of hydrogen-bond acceptors (Lipinski definition) is 3. The lowest BCUT2D eigenvalue weighted by Crippen LogP contribution is -2.36. The summed E-state index contributed by atoms with van der Waals surface area (Å²) in [5, 5.41) is 5.39. The molecule has 2 heterocycles. The number of rotatable bonds is 6. The average Bonchev–Trinajstić information content (AvgIpc) is 3.39. The van der Waals surface area contributed by atoms with E-state index in [1.54, 1.807) is 13.0 Å². The van der Waals surface area contributed by atoms with E-state index in [0.29, 0.717) is 29.9 Å². The van der Waals surface area contributed by atoms with E-state index in [9.17, 15) is 13.2 Å². The Bertz CT molecular complexity index is 1620. The number of benzene rings is 3. The third-order valence-corrected chi connectivity index (χ3v) is 8.58. The Morgan fingerprint density at radius 1 is 1.00 bits per heavy atom. The summed E-state index contributed by atoms with van der Waals surface area (Å²) in [5.41, 5.74) is 11.8. The van der Waals surface area contributed by atoms with Crippen molar-refractivity contribution >= 4 is 17.3 Å². The molecule has 1 aromatic heterocycles. The van der Waals surface area contributed by atoms with E-state index in [1.165, 1.54) is 18.2 Å². The second kappa shape index (κ2) is 10.5. The molecule has 0 saturated heterocycles. The first kappa shape index (κ1) is 29.1. The Kier molecular flexibility index (Phi) is 7.45. The smallest absolute Gasteiger partial charge is 0.397 e. The highest BCUT2D eigenvalue weighted by molar-refractivity contribution is 6.33. The van der Waals surface area contributed by atoms with Gasteiger partial charge in [-0.2, -0.15) is 18.3 Å². The lowest BCUT2D eigenvalue weighted by atomic mass is 9.97. The first-order chi connectivity index (χ1) is 19.3. The molecule has 0 radical (unpaired) electrons. The predicted molar refractivity (Wildman–Crippen MR) is 156 cm³/mol. The van der Waals surface area contributed by atoms with Crippen LogP contribution in [0.1, 0.15) is 66.8 Å². The maximum atomic E-state index is 15.7. The molecule has 0 spiro atoms. The number of nitrogens with two attached hydrogens (primary N) is 1. The number of aryl methyl sites for hydroxylation is 3. The molecular formula is C32H33ClF4N4. The molecule has 0 fully saturated rings. The van der Waals surface area contributed by atoms with Crippen molar-refractivity contribution in [2.24, 2.45) is 0 Å². The SMILES string of the molecule is CCc1cccc(CC)c1-n1nc2c(c1-c1cc(Cl)c(N)cc1F)CN(Cc1ccc(C(F)(F)F)cc1C)C2(C)C. The summed E-state index contributed by atoms with van der Waals surface area (Å²) in [4.78, 5) is 2.16. The molecule has 0 aliphatic carbocycles. The molecule has 216 valence electrons. The van der Waals surface area contributed by atoms with Crippen LogP contribution in [0.15, 0.2) is 48.5 Å². The maximum Gasteiger partial charge on any atom is 0.416 e. The lowest BCUT2D eigenvalue weighted by Gasteiger charge is -2.32. The van der Waals surface area contributed by atoms with E-state index in [0.717, 1.165) is 52.5 Å². The van der Waals surface area contributed by atoms with E-state index < -0.39 is 23.1 Å². The normalized spacial score (nSPS) is 15.0. The molecule has 41 heavy (non-hydrogen) atoms. The lowest BCUT2D eigenvalue weighted by molar-refractivity contribution is -0.137. The molecule has 4 aromatic rings. The monoisotopic (exact) mass is 584 g/mol. The quantitative estimate of drug-likeness (QED) is 0.182. The third kappa shape index (κ3) is 5.01. The van der Waals surface area contributed by atoms with Gasteiger partial charge in [0.05, 0.1) is 38.9 Å². The molecule has 0 bridgehead atoms. The highest BCUT2D eigenvalue weighted by atomic mass is 35.5. The number of hydrogen-bond donors (Lipinski definition) is 1. The summed E-state index contributed by atoms with van der Waals surface area (Å²) in [6.45, 7) is 10.8. The van der Waals surface area contributed by atoms with Crippen molar-refractivity contribution in [3.8, 4) is 16.9 Å². The Labute approximate surface area is 242 Å². The van der Waals surface area contributed by atoms with Crippen LogP contribution >= 0.6 is 11.6 Å². The molecule has 4 nitrogen and oxygen atoms in total. The van der Waals surface area contributed by atoms with Gasteiger partial charge in [-0.15, -0.1) is 0 Å².